The van der Waals surface area contributed by atoms with Crippen molar-refractivity contribution in [2.75, 3.05) is 19.8 Å². The average molecular weight is 832 g/mol. The van der Waals surface area contributed by atoms with Gasteiger partial charge in [-0.25, -0.2) is 9.36 Å². The second kappa shape index (κ2) is 41.0. The summed E-state index contributed by atoms with van der Waals surface area (Å²) in [5.74, 6) is -2.37. The van der Waals surface area contributed by atoms with Crippen LogP contribution in [0.15, 0.2) is 12.2 Å². The van der Waals surface area contributed by atoms with Gasteiger partial charge in [0.25, 0.3) is 0 Å². The molecule has 0 aromatic rings. The molecular formula is C45H86NO10P. The van der Waals surface area contributed by atoms with Gasteiger partial charge in [-0.3, -0.25) is 18.6 Å². The third-order valence-electron chi connectivity index (χ3n) is 10.3. The summed E-state index contributed by atoms with van der Waals surface area (Å²) in [6.07, 6.45) is 41.0. The number of carbonyl (C=O) groups excluding carboxylic acids is 2. The molecule has 0 aliphatic heterocycles. The lowest BCUT2D eigenvalue weighted by Gasteiger charge is -2.18. The van der Waals surface area contributed by atoms with Crippen molar-refractivity contribution in [3.63, 3.8) is 0 Å². The molecule has 12 heteroatoms. The van der Waals surface area contributed by atoms with E-state index >= 15 is 0 Å². The molecule has 0 saturated heterocycles. The average Bonchev–Trinajstić information content (AvgIpc) is 3.18. The van der Waals surface area contributed by atoms with Crippen molar-refractivity contribution in [2.24, 2.45) is 0 Å². The van der Waals surface area contributed by atoms with E-state index in [-0.39, 0.29) is 12.8 Å². The molecule has 0 bridgehead atoms. The summed E-state index contributed by atoms with van der Waals surface area (Å²) in [6, 6.07) is -1.55. The van der Waals surface area contributed by atoms with Crippen LogP contribution in [0.2, 0.25) is 0 Å². The Kier molecular flexibility index (Phi) is 39.7. The number of amides is 1. The van der Waals surface area contributed by atoms with Crippen LogP contribution in [0, 0.1) is 0 Å². The number of rotatable bonds is 44. The van der Waals surface area contributed by atoms with Crippen LogP contribution in [-0.4, -0.2) is 64.9 Å². The topological polar surface area (TPSA) is 169 Å². The quantitative estimate of drug-likeness (QED) is 0.0201. The lowest BCUT2D eigenvalue weighted by molar-refractivity contribution is -0.147. The molecule has 11 nitrogen and oxygen atoms in total. The number of unbranched alkanes of at least 4 members (excludes halogenated alkanes) is 28. The SMILES string of the molecule is CCCCCC/C=C\CCCCCCCC(=O)NC(COP(=O)(O)OCC(O)COC(=O)CCCCCCCCCCCCCCCCCCCCCC)C(=O)O. The van der Waals surface area contributed by atoms with Crippen molar-refractivity contribution >= 4 is 25.7 Å². The fraction of sp³-hybridized carbons (Fsp3) is 0.889. The first kappa shape index (κ1) is 55.2. The number of esters is 1. The Balaban J connectivity index is 3.82. The minimum atomic E-state index is -4.75. The standard InChI is InChI=1S/C45H86NO10P/c1-3-5-7-9-11-13-15-17-18-19-20-21-22-23-25-27-29-31-33-35-37-44(49)54-38-41(47)39-55-57(52,53)56-40-42(45(50)51)46-43(48)36-34-32-30-28-26-24-16-14-12-10-8-6-4-2/h14,16,41-42,47H,3-13,15,17-40H2,1-2H3,(H,46,48)(H,50,51)(H,52,53)/b16-14-. The van der Waals surface area contributed by atoms with Gasteiger partial charge < -0.3 is 25.2 Å². The molecule has 0 spiro atoms. The van der Waals surface area contributed by atoms with Crippen LogP contribution in [0.4, 0.5) is 0 Å². The van der Waals surface area contributed by atoms with E-state index < -0.39 is 57.6 Å². The highest BCUT2D eigenvalue weighted by Crippen LogP contribution is 2.43. The Bertz CT molecular complexity index is 1030. The largest absolute Gasteiger partial charge is 0.480 e. The molecule has 57 heavy (non-hydrogen) atoms. The maximum absolute atomic E-state index is 12.3. The molecule has 336 valence electrons. The lowest BCUT2D eigenvalue weighted by atomic mass is 10.0. The van der Waals surface area contributed by atoms with Crippen LogP contribution < -0.4 is 5.32 Å². The summed E-state index contributed by atoms with van der Waals surface area (Å²) < 4.78 is 26.9. The summed E-state index contributed by atoms with van der Waals surface area (Å²) in [5.41, 5.74) is 0. The molecule has 0 saturated carbocycles. The van der Waals surface area contributed by atoms with E-state index in [1.54, 1.807) is 0 Å². The second-order valence-corrected chi connectivity index (χ2v) is 17.4. The summed E-state index contributed by atoms with van der Waals surface area (Å²) in [7, 11) is -4.75. The van der Waals surface area contributed by atoms with Gasteiger partial charge in [-0.05, 0) is 38.5 Å². The van der Waals surface area contributed by atoms with Crippen molar-refractivity contribution < 1.29 is 47.8 Å². The van der Waals surface area contributed by atoms with E-state index in [4.69, 9.17) is 13.8 Å². The van der Waals surface area contributed by atoms with Crippen LogP contribution >= 0.6 is 7.82 Å². The number of ether oxygens (including phenoxy) is 1. The molecule has 0 aliphatic carbocycles. The van der Waals surface area contributed by atoms with Gasteiger partial charge in [-0.1, -0.05) is 187 Å². The van der Waals surface area contributed by atoms with E-state index in [1.807, 2.05) is 0 Å². The summed E-state index contributed by atoms with van der Waals surface area (Å²) in [4.78, 5) is 45.9. The van der Waals surface area contributed by atoms with E-state index in [0.717, 1.165) is 57.8 Å². The molecule has 3 atom stereocenters. The van der Waals surface area contributed by atoms with Gasteiger partial charge in [0.15, 0.2) is 6.04 Å². The number of allylic oxidation sites excluding steroid dienone is 2. The number of carboxylic acids is 1. The van der Waals surface area contributed by atoms with Crippen LogP contribution in [0.25, 0.3) is 0 Å². The Morgan fingerprint density at radius 1 is 0.544 bits per heavy atom. The maximum Gasteiger partial charge on any atom is 0.472 e. The van der Waals surface area contributed by atoms with Gasteiger partial charge in [0.2, 0.25) is 5.91 Å². The first-order valence-corrected chi connectivity index (χ1v) is 24.7. The number of phosphoric ester groups is 1. The third kappa shape index (κ3) is 40.8. The van der Waals surface area contributed by atoms with Crippen molar-refractivity contribution in [1.29, 1.82) is 0 Å². The zero-order chi connectivity index (χ0) is 42.1. The highest BCUT2D eigenvalue weighted by atomic mass is 31.2. The molecule has 0 aromatic carbocycles. The van der Waals surface area contributed by atoms with Gasteiger partial charge in [0.05, 0.1) is 13.2 Å². The maximum atomic E-state index is 12.3. The molecular weight excluding hydrogens is 745 g/mol. The summed E-state index contributed by atoms with van der Waals surface area (Å²) >= 11 is 0. The number of hydrogen-bond donors (Lipinski definition) is 4. The van der Waals surface area contributed by atoms with E-state index in [9.17, 15) is 34.1 Å². The van der Waals surface area contributed by atoms with Gasteiger partial charge in [-0.2, -0.15) is 0 Å². The molecule has 0 radical (unpaired) electrons. The van der Waals surface area contributed by atoms with E-state index in [1.165, 1.54) is 128 Å². The zero-order valence-electron chi connectivity index (χ0n) is 36.4. The predicted octanol–water partition coefficient (Wildman–Crippen LogP) is 12.1. The molecule has 3 unspecified atom stereocenters. The number of hydrogen-bond acceptors (Lipinski definition) is 8. The first-order chi connectivity index (χ1) is 27.6. The summed E-state index contributed by atoms with van der Waals surface area (Å²) in [6.45, 7) is 2.60. The number of aliphatic hydroxyl groups is 1. The lowest BCUT2D eigenvalue weighted by Crippen LogP contribution is -2.43. The number of nitrogens with one attached hydrogen (secondary N) is 1. The molecule has 0 heterocycles. The number of carboxylic acid groups (broad SMARTS) is 1. The number of aliphatic hydroxyl groups excluding tert-OH is 1. The zero-order valence-corrected chi connectivity index (χ0v) is 37.3. The molecule has 1 amide bonds. The highest BCUT2D eigenvalue weighted by molar-refractivity contribution is 7.47. The normalized spacial score (nSPS) is 13.8. The minimum Gasteiger partial charge on any atom is -0.480 e. The molecule has 0 aromatic heterocycles. The molecule has 4 N–H and O–H groups in total. The fourth-order valence-electron chi connectivity index (χ4n) is 6.66. The van der Waals surface area contributed by atoms with E-state index in [0.29, 0.717) is 12.8 Å². The van der Waals surface area contributed by atoms with Crippen molar-refractivity contribution in [3.8, 4) is 0 Å². The van der Waals surface area contributed by atoms with Crippen LogP contribution in [0.1, 0.15) is 226 Å². The van der Waals surface area contributed by atoms with Crippen LogP contribution in [0.3, 0.4) is 0 Å². The Morgan fingerprint density at radius 3 is 1.35 bits per heavy atom. The second-order valence-electron chi connectivity index (χ2n) is 15.9. The first-order valence-electron chi connectivity index (χ1n) is 23.2. The Labute approximate surface area is 347 Å². The molecule has 0 rings (SSSR count). The number of aliphatic carboxylic acids is 1. The fourth-order valence-corrected chi connectivity index (χ4v) is 7.44. The van der Waals surface area contributed by atoms with Crippen molar-refractivity contribution in [1.82, 2.24) is 5.32 Å². The Morgan fingerprint density at radius 2 is 0.912 bits per heavy atom. The van der Waals surface area contributed by atoms with Gasteiger partial charge in [-0.15, -0.1) is 0 Å². The molecule has 0 fully saturated rings. The van der Waals surface area contributed by atoms with Crippen LogP contribution in [0.5, 0.6) is 0 Å². The smallest absolute Gasteiger partial charge is 0.472 e. The van der Waals surface area contributed by atoms with E-state index in [2.05, 4.69) is 31.3 Å². The monoisotopic (exact) mass is 832 g/mol. The summed E-state index contributed by atoms with van der Waals surface area (Å²) in [5, 5.41) is 21.8. The van der Waals surface area contributed by atoms with Gasteiger partial charge in [0.1, 0.15) is 12.7 Å². The minimum absolute atomic E-state index is 0.138. The predicted molar refractivity (Wildman–Crippen MR) is 231 cm³/mol. The van der Waals surface area contributed by atoms with Crippen molar-refractivity contribution in [3.05, 3.63) is 12.2 Å². The highest BCUT2D eigenvalue weighted by Gasteiger charge is 2.28. The van der Waals surface area contributed by atoms with Crippen LogP contribution in [-0.2, 0) is 32.7 Å². The number of phosphoric acid groups is 1. The van der Waals surface area contributed by atoms with Crippen molar-refractivity contribution in [2.45, 2.75) is 238 Å². The third-order valence-corrected chi connectivity index (χ3v) is 11.3. The molecule has 0 aliphatic rings. The van der Waals surface area contributed by atoms with Gasteiger partial charge in [0, 0.05) is 12.8 Å². The Hall–Kier alpha value is -1.78. The number of carbonyl (C=O) groups is 3. The van der Waals surface area contributed by atoms with Gasteiger partial charge >= 0.3 is 19.8 Å².